The van der Waals surface area contributed by atoms with E-state index < -0.39 is 5.79 Å². The Morgan fingerprint density at radius 1 is 1.29 bits per heavy atom. The Morgan fingerprint density at radius 2 is 1.94 bits per heavy atom. The standard InChI is InChI=1S/C13H16O4/c1-15-12-5-3-11(4-6-12)13(7-8-14)16-9-2-10-17-13/h3-6,8H,2,7,9-10H2,1H3. The molecule has 0 N–H and O–H groups in total. The van der Waals surface area contributed by atoms with Crippen molar-refractivity contribution in [2.24, 2.45) is 0 Å². The van der Waals surface area contributed by atoms with Gasteiger partial charge in [0, 0.05) is 5.56 Å². The number of hydrogen-bond acceptors (Lipinski definition) is 4. The molecule has 1 aliphatic rings. The molecule has 0 aromatic heterocycles. The zero-order chi connectivity index (χ0) is 12.1. The van der Waals surface area contributed by atoms with Crippen LogP contribution in [0.2, 0.25) is 0 Å². The lowest BCUT2D eigenvalue weighted by atomic mass is 10.0. The quantitative estimate of drug-likeness (QED) is 0.749. The van der Waals surface area contributed by atoms with Gasteiger partial charge in [-0.1, -0.05) is 0 Å². The Hall–Kier alpha value is -1.39. The molecule has 1 saturated heterocycles. The molecule has 1 aromatic rings. The van der Waals surface area contributed by atoms with Gasteiger partial charge in [-0.25, -0.2) is 0 Å². The number of benzene rings is 1. The maximum absolute atomic E-state index is 10.8. The van der Waals surface area contributed by atoms with Crippen LogP contribution in [0.3, 0.4) is 0 Å². The average Bonchev–Trinajstić information content (AvgIpc) is 2.40. The summed E-state index contributed by atoms with van der Waals surface area (Å²) in [7, 11) is 1.61. The van der Waals surface area contributed by atoms with E-state index in [4.69, 9.17) is 14.2 Å². The highest BCUT2D eigenvalue weighted by molar-refractivity contribution is 5.52. The molecule has 0 atom stereocenters. The van der Waals surface area contributed by atoms with Gasteiger partial charge in [0.15, 0.2) is 0 Å². The van der Waals surface area contributed by atoms with Crippen molar-refractivity contribution in [3.8, 4) is 5.75 Å². The minimum atomic E-state index is -0.910. The van der Waals surface area contributed by atoms with E-state index >= 15 is 0 Å². The third-order valence-electron chi connectivity index (χ3n) is 2.84. The molecule has 92 valence electrons. The molecule has 0 spiro atoms. The van der Waals surface area contributed by atoms with Crippen LogP contribution in [-0.2, 0) is 20.1 Å². The van der Waals surface area contributed by atoms with Crippen molar-refractivity contribution >= 4 is 6.29 Å². The number of hydrogen-bond donors (Lipinski definition) is 0. The normalized spacial score (nSPS) is 18.6. The van der Waals surface area contributed by atoms with Crippen molar-refractivity contribution < 1.29 is 19.0 Å². The smallest absolute Gasteiger partial charge is 0.201 e. The topological polar surface area (TPSA) is 44.8 Å². The number of rotatable bonds is 4. The van der Waals surface area contributed by atoms with Gasteiger partial charge in [0.25, 0.3) is 0 Å². The molecular formula is C13H16O4. The summed E-state index contributed by atoms with van der Waals surface area (Å²) in [6, 6.07) is 7.41. The lowest BCUT2D eigenvalue weighted by Gasteiger charge is -2.36. The summed E-state index contributed by atoms with van der Waals surface area (Å²) in [6.07, 6.45) is 1.89. The third-order valence-corrected chi connectivity index (χ3v) is 2.84. The number of carbonyl (C=O) groups is 1. The van der Waals surface area contributed by atoms with E-state index in [-0.39, 0.29) is 6.42 Å². The summed E-state index contributed by atoms with van der Waals surface area (Å²) in [5, 5.41) is 0. The van der Waals surface area contributed by atoms with Gasteiger partial charge >= 0.3 is 0 Å². The predicted molar refractivity (Wildman–Crippen MR) is 61.9 cm³/mol. The zero-order valence-electron chi connectivity index (χ0n) is 9.85. The molecule has 4 nitrogen and oxygen atoms in total. The van der Waals surface area contributed by atoms with Gasteiger partial charge < -0.3 is 19.0 Å². The Balaban J connectivity index is 2.27. The largest absolute Gasteiger partial charge is 0.497 e. The van der Waals surface area contributed by atoms with Crippen molar-refractivity contribution in [1.82, 2.24) is 0 Å². The fraction of sp³-hybridized carbons (Fsp3) is 0.462. The van der Waals surface area contributed by atoms with Crippen LogP contribution in [0.15, 0.2) is 24.3 Å². The summed E-state index contributed by atoms with van der Waals surface area (Å²) in [5.41, 5.74) is 0.852. The van der Waals surface area contributed by atoms with E-state index in [1.165, 1.54) is 0 Å². The Bertz CT molecular complexity index is 366. The van der Waals surface area contributed by atoms with E-state index in [2.05, 4.69) is 0 Å². The number of aldehydes is 1. The number of methoxy groups -OCH3 is 1. The molecule has 0 radical (unpaired) electrons. The first-order valence-electron chi connectivity index (χ1n) is 5.67. The second-order valence-corrected chi connectivity index (χ2v) is 3.90. The van der Waals surface area contributed by atoms with Gasteiger partial charge in [0.05, 0.1) is 26.7 Å². The Labute approximate surface area is 100 Å². The van der Waals surface area contributed by atoms with Gasteiger partial charge in [0.1, 0.15) is 12.0 Å². The van der Waals surface area contributed by atoms with Gasteiger partial charge in [0.2, 0.25) is 5.79 Å². The van der Waals surface area contributed by atoms with E-state index in [9.17, 15) is 4.79 Å². The molecule has 17 heavy (non-hydrogen) atoms. The summed E-state index contributed by atoms with van der Waals surface area (Å²) < 4.78 is 16.4. The average molecular weight is 236 g/mol. The first-order chi connectivity index (χ1) is 8.30. The summed E-state index contributed by atoms with van der Waals surface area (Å²) >= 11 is 0. The van der Waals surface area contributed by atoms with Crippen molar-refractivity contribution in [2.75, 3.05) is 20.3 Å². The summed E-state index contributed by atoms with van der Waals surface area (Å²) in [5.74, 6) is -0.141. The van der Waals surface area contributed by atoms with Crippen LogP contribution in [-0.4, -0.2) is 26.6 Å². The summed E-state index contributed by atoms with van der Waals surface area (Å²) in [6.45, 7) is 1.22. The van der Waals surface area contributed by atoms with Crippen LogP contribution in [0, 0.1) is 0 Å². The highest BCUT2D eigenvalue weighted by Crippen LogP contribution is 2.34. The van der Waals surface area contributed by atoms with Crippen LogP contribution in [0.5, 0.6) is 5.75 Å². The van der Waals surface area contributed by atoms with Gasteiger partial charge in [-0.3, -0.25) is 0 Å². The summed E-state index contributed by atoms with van der Waals surface area (Å²) in [4.78, 5) is 10.8. The van der Waals surface area contributed by atoms with Crippen LogP contribution in [0.25, 0.3) is 0 Å². The maximum atomic E-state index is 10.8. The maximum Gasteiger partial charge on any atom is 0.201 e. The SMILES string of the molecule is COc1ccc(C2(CC=O)OCCCO2)cc1. The van der Waals surface area contributed by atoms with E-state index in [0.29, 0.717) is 13.2 Å². The molecule has 1 fully saturated rings. The second-order valence-electron chi connectivity index (χ2n) is 3.90. The van der Waals surface area contributed by atoms with E-state index in [1.807, 2.05) is 24.3 Å². The fourth-order valence-electron chi connectivity index (χ4n) is 1.93. The minimum Gasteiger partial charge on any atom is -0.497 e. The molecule has 0 saturated carbocycles. The molecule has 0 unspecified atom stereocenters. The number of carbonyl (C=O) groups excluding carboxylic acids is 1. The lowest BCUT2D eigenvalue weighted by molar-refractivity contribution is -0.274. The van der Waals surface area contributed by atoms with Crippen LogP contribution >= 0.6 is 0 Å². The minimum absolute atomic E-state index is 0.208. The molecule has 2 rings (SSSR count). The monoisotopic (exact) mass is 236 g/mol. The molecule has 1 aromatic carbocycles. The van der Waals surface area contributed by atoms with Crippen LogP contribution in [0.4, 0.5) is 0 Å². The van der Waals surface area contributed by atoms with Crippen molar-refractivity contribution in [3.05, 3.63) is 29.8 Å². The van der Waals surface area contributed by atoms with Crippen LogP contribution < -0.4 is 4.74 Å². The molecule has 0 aliphatic carbocycles. The third kappa shape index (κ3) is 2.48. The second kappa shape index (κ2) is 5.29. The highest BCUT2D eigenvalue weighted by atomic mass is 16.7. The predicted octanol–water partition coefficient (Wildman–Crippen LogP) is 1.87. The Morgan fingerprint density at radius 3 is 2.47 bits per heavy atom. The molecule has 4 heteroatoms. The van der Waals surface area contributed by atoms with Crippen molar-refractivity contribution in [1.29, 1.82) is 0 Å². The van der Waals surface area contributed by atoms with E-state index in [1.54, 1.807) is 7.11 Å². The molecular weight excluding hydrogens is 220 g/mol. The Kier molecular flexibility index (Phi) is 3.76. The first-order valence-corrected chi connectivity index (χ1v) is 5.67. The molecule has 0 bridgehead atoms. The fourth-order valence-corrected chi connectivity index (χ4v) is 1.93. The van der Waals surface area contributed by atoms with Gasteiger partial charge in [-0.2, -0.15) is 0 Å². The zero-order valence-corrected chi connectivity index (χ0v) is 9.85. The van der Waals surface area contributed by atoms with Gasteiger partial charge in [-0.05, 0) is 30.7 Å². The first kappa shape index (κ1) is 12.1. The van der Waals surface area contributed by atoms with E-state index in [0.717, 1.165) is 24.0 Å². The van der Waals surface area contributed by atoms with Crippen LogP contribution in [0.1, 0.15) is 18.4 Å². The molecule has 1 heterocycles. The highest BCUT2D eigenvalue weighted by Gasteiger charge is 2.36. The van der Waals surface area contributed by atoms with Gasteiger partial charge in [-0.15, -0.1) is 0 Å². The molecule has 1 aliphatic heterocycles. The lowest BCUT2D eigenvalue weighted by Crippen LogP contribution is -2.38. The molecule has 0 amide bonds. The van der Waals surface area contributed by atoms with Crippen molar-refractivity contribution in [3.63, 3.8) is 0 Å². The number of ether oxygens (including phenoxy) is 3. The van der Waals surface area contributed by atoms with Crippen molar-refractivity contribution in [2.45, 2.75) is 18.6 Å².